The topological polar surface area (TPSA) is 100 Å². The molecule has 1 aliphatic rings. The molecule has 1 fully saturated rings. The van der Waals surface area contributed by atoms with E-state index in [9.17, 15) is 20.0 Å². The van der Waals surface area contributed by atoms with Crippen LogP contribution in [0, 0.1) is 23.2 Å². The summed E-state index contributed by atoms with van der Waals surface area (Å²) in [7, 11) is 3.26. The molecule has 0 bridgehead atoms. The van der Waals surface area contributed by atoms with Crippen LogP contribution in [0.4, 0.5) is 5.69 Å². The Hall–Kier alpha value is -4.48. The number of likely N-dealkylation sites (tertiary alicyclic amines) is 1. The van der Waals surface area contributed by atoms with E-state index >= 15 is 0 Å². The summed E-state index contributed by atoms with van der Waals surface area (Å²) in [6.07, 6.45) is 1.26. The molecule has 1 heterocycles. The zero-order valence-corrected chi connectivity index (χ0v) is 25.5. The number of carbonyl (C=O) groups excluding carboxylic acids is 2. The predicted molar refractivity (Wildman–Crippen MR) is 169 cm³/mol. The van der Waals surface area contributed by atoms with Gasteiger partial charge in [0.15, 0.2) is 5.92 Å². The lowest BCUT2D eigenvalue weighted by Crippen LogP contribution is -2.49. The molecule has 43 heavy (non-hydrogen) atoms. The molecule has 1 N–H and O–H groups in total. The monoisotopic (exact) mass is 579 g/mol. The molecule has 8 nitrogen and oxygen atoms in total. The molecule has 1 saturated heterocycles. The lowest BCUT2D eigenvalue weighted by Gasteiger charge is -2.43. The van der Waals surface area contributed by atoms with Crippen LogP contribution >= 0.6 is 0 Å². The fourth-order valence-corrected chi connectivity index (χ4v) is 5.85. The third kappa shape index (κ3) is 6.79. The Kier molecular flexibility index (Phi) is 10.3. The first-order valence-electron chi connectivity index (χ1n) is 14.9. The highest BCUT2D eigenvalue weighted by molar-refractivity contribution is 6.06. The molecular formula is C35H41N5O3. The van der Waals surface area contributed by atoms with E-state index in [-0.39, 0.29) is 17.7 Å². The molecule has 1 unspecified atom stereocenters. The molecular weight excluding hydrogens is 538 g/mol. The Morgan fingerprint density at radius 1 is 0.930 bits per heavy atom. The van der Waals surface area contributed by atoms with E-state index in [1.54, 1.807) is 43.3 Å². The molecule has 8 heteroatoms. The summed E-state index contributed by atoms with van der Waals surface area (Å²) in [5, 5.41) is 22.4. The van der Waals surface area contributed by atoms with E-state index in [0.717, 1.165) is 11.1 Å². The fourth-order valence-electron chi connectivity index (χ4n) is 5.85. The molecule has 1 atom stereocenters. The van der Waals surface area contributed by atoms with Crippen molar-refractivity contribution in [3.63, 3.8) is 0 Å². The standard InChI is InChI=1S/C35H41N5O3/c1-5-39(6-2)33(41)26-17-19-30(20-18-26)37-32(31(25-36)34(42)38(3)4)40-23-21-29(22-24-40)35(43,27-13-9-7-10-14-27)28-15-11-8-12-16-28/h7-20,29,31,43H,5-6,21-24H2,1-4H3. The maximum absolute atomic E-state index is 13.1. The highest BCUT2D eigenvalue weighted by Gasteiger charge is 2.43. The normalized spacial score (nSPS) is 15.0. The van der Waals surface area contributed by atoms with Gasteiger partial charge in [-0.2, -0.15) is 5.26 Å². The number of nitrogens with zero attached hydrogens (tertiary/aromatic N) is 5. The van der Waals surface area contributed by atoms with Gasteiger partial charge in [0.2, 0.25) is 5.91 Å². The van der Waals surface area contributed by atoms with Crippen molar-refractivity contribution < 1.29 is 14.7 Å². The first-order chi connectivity index (χ1) is 20.7. The van der Waals surface area contributed by atoms with Crippen molar-refractivity contribution in [1.29, 1.82) is 5.26 Å². The maximum atomic E-state index is 13.1. The molecule has 3 aromatic rings. The van der Waals surface area contributed by atoms with Gasteiger partial charge in [0.05, 0.1) is 11.8 Å². The zero-order valence-electron chi connectivity index (χ0n) is 25.5. The molecule has 2 amide bonds. The average molecular weight is 580 g/mol. The van der Waals surface area contributed by atoms with Crippen molar-refractivity contribution in [3.05, 3.63) is 102 Å². The molecule has 0 aliphatic carbocycles. The van der Waals surface area contributed by atoms with E-state index in [1.807, 2.05) is 79.4 Å². The van der Waals surface area contributed by atoms with Crippen molar-refractivity contribution in [2.24, 2.45) is 16.8 Å². The number of hydrogen-bond acceptors (Lipinski definition) is 5. The van der Waals surface area contributed by atoms with E-state index in [2.05, 4.69) is 6.07 Å². The molecule has 224 valence electrons. The minimum Gasteiger partial charge on any atom is -0.380 e. The van der Waals surface area contributed by atoms with Crippen LogP contribution in [-0.2, 0) is 10.4 Å². The maximum Gasteiger partial charge on any atom is 0.253 e. The summed E-state index contributed by atoms with van der Waals surface area (Å²) in [6.45, 7) is 6.16. The van der Waals surface area contributed by atoms with Gasteiger partial charge in [-0.25, -0.2) is 4.99 Å². The van der Waals surface area contributed by atoms with Gasteiger partial charge in [0, 0.05) is 45.8 Å². The van der Waals surface area contributed by atoms with Gasteiger partial charge in [-0.1, -0.05) is 60.7 Å². The second-order valence-electron chi connectivity index (χ2n) is 11.0. The summed E-state index contributed by atoms with van der Waals surface area (Å²) in [6, 6.07) is 28.6. The van der Waals surface area contributed by atoms with Gasteiger partial charge < -0.3 is 19.8 Å². The summed E-state index contributed by atoms with van der Waals surface area (Å²) in [5.41, 5.74) is 1.61. The number of piperidine rings is 1. The predicted octanol–water partition coefficient (Wildman–Crippen LogP) is 5.07. The highest BCUT2D eigenvalue weighted by atomic mass is 16.3. The molecule has 4 rings (SSSR count). The van der Waals surface area contributed by atoms with Crippen LogP contribution in [0.25, 0.3) is 0 Å². The smallest absolute Gasteiger partial charge is 0.253 e. The Morgan fingerprint density at radius 2 is 1.44 bits per heavy atom. The van der Waals surface area contributed by atoms with Crippen molar-refractivity contribution in [2.45, 2.75) is 32.3 Å². The van der Waals surface area contributed by atoms with Crippen molar-refractivity contribution in [2.75, 3.05) is 40.3 Å². The van der Waals surface area contributed by atoms with Crippen LogP contribution in [0.3, 0.4) is 0 Å². The van der Waals surface area contributed by atoms with Crippen molar-refractivity contribution in [3.8, 4) is 6.07 Å². The van der Waals surface area contributed by atoms with E-state index in [0.29, 0.717) is 56.1 Å². The van der Waals surface area contributed by atoms with Gasteiger partial charge in [-0.05, 0) is 68.0 Å². The summed E-state index contributed by atoms with van der Waals surface area (Å²) < 4.78 is 0. The van der Waals surface area contributed by atoms with Crippen LogP contribution in [-0.4, -0.2) is 77.7 Å². The number of aliphatic hydroxyl groups is 1. The van der Waals surface area contributed by atoms with Gasteiger partial charge in [0.1, 0.15) is 11.4 Å². The number of benzene rings is 3. The first kappa shape index (κ1) is 31.5. The second-order valence-corrected chi connectivity index (χ2v) is 11.0. The minimum atomic E-state index is -1.19. The third-order valence-corrected chi connectivity index (χ3v) is 8.32. The van der Waals surface area contributed by atoms with E-state index < -0.39 is 11.5 Å². The van der Waals surface area contributed by atoms with E-state index in [4.69, 9.17) is 4.99 Å². The van der Waals surface area contributed by atoms with E-state index in [1.165, 1.54) is 4.90 Å². The van der Waals surface area contributed by atoms with Crippen molar-refractivity contribution in [1.82, 2.24) is 14.7 Å². The fraction of sp³-hybridized carbons (Fsp3) is 0.371. The number of rotatable bonds is 9. The number of amides is 2. The quantitative estimate of drug-likeness (QED) is 0.282. The molecule has 0 radical (unpaired) electrons. The summed E-state index contributed by atoms with van der Waals surface area (Å²) in [4.78, 5) is 35.9. The van der Waals surface area contributed by atoms with Gasteiger partial charge in [-0.15, -0.1) is 0 Å². The molecule has 0 spiro atoms. The van der Waals surface area contributed by atoms with Crippen LogP contribution in [0.2, 0.25) is 0 Å². The lowest BCUT2D eigenvalue weighted by atomic mass is 9.72. The highest BCUT2D eigenvalue weighted by Crippen LogP contribution is 2.42. The largest absolute Gasteiger partial charge is 0.380 e. The summed E-state index contributed by atoms with van der Waals surface area (Å²) >= 11 is 0. The minimum absolute atomic E-state index is 0.0511. The summed E-state index contributed by atoms with van der Waals surface area (Å²) in [5.74, 6) is -1.20. The third-order valence-electron chi connectivity index (χ3n) is 8.32. The molecule has 3 aromatic carbocycles. The molecule has 0 aromatic heterocycles. The first-order valence-corrected chi connectivity index (χ1v) is 14.9. The zero-order chi connectivity index (χ0) is 31.0. The van der Waals surface area contributed by atoms with Crippen LogP contribution < -0.4 is 0 Å². The number of amidine groups is 1. The van der Waals surface area contributed by atoms with Gasteiger partial charge >= 0.3 is 0 Å². The Balaban J connectivity index is 1.65. The Labute approximate surface area is 254 Å². The second kappa shape index (κ2) is 14.1. The van der Waals surface area contributed by atoms with Crippen LogP contribution in [0.1, 0.15) is 48.2 Å². The van der Waals surface area contributed by atoms with Gasteiger partial charge in [-0.3, -0.25) is 9.59 Å². The molecule has 0 saturated carbocycles. The van der Waals surface area contributed by atoms with Crippen LogP contribution in [0.5, 0.6) is 0 Å². The average Bonchev–Trinajstić information content (AvgIpc) is 3.05. The lowest BCUT2D eigenvalue weighted by molar-refractivity contribution is -0.129. The number of hydrogen-bond donors (Lipinski definition) is 1. The van der Waals surface area contributed by atoms with Crippen molar-refractivity contribution >= 4 is 23.3 Å². The number of carbonyl (C=O) groups is 2. The Morgan fingerprint density at radius 3 is 1.88 bits per heavy atom. The van der Waals surface area contributed by atoms with Crippen LogP contribution in [0.15, 0.2) is 89.9 Å². The van der Waals surface area contributed by atoms with Gasteiger partial charge in [0.25, 0.3) is 5.91 Å². The molecule has 1 aliphatic heterocycles. The number of aliphatic imine (C=N–C) groups is 1. The number of nitriles is 1. The Bertz CT molecular complexity index is 1400. The SMILES string of the molecule is CCN(CC)C(=O)c1ccc(N=C(C(C#N)C(=O)N(C)C)N2CCC(C(O)(c3ccccc3)c3ccccc3)CC2)cc1.